The number of aryl methyl sites for hydroxylation is 1. The quantitative estimate of drug-likeness (QED) is 0.667. The van der Waals surface area contributed by atoms with Gasteiger partial charge >= 0.3 is 5.97 Å². The van der Waals surface area contributed by atoms with Crippen molar-refractivity contribution in [2.45, 2.75) is 32.7 Å². The third kappa shape index (κ3) is 3.14. The zero-order chi connectivity index (χ0) is 18.2. The van der Waals surface area contributed by atoms with Crippen molar-refractivity contribution < 1.29 is 18.7 Å². The first-order valence-corrected chi connectivity index (χ1v) is 8.08. The standard InChI is InChI=1S/C18H20FN3O3/c1-11-9-20-22(10-11)15-5-4-13(8-14(15)19)12(2)21-16(23)18(6-7-18)17(24)25-3/h4-5,8-10,12H,6-7H2,1-3H3,(H,21,23)/t12-/m0/s1. The molecule has 0 aliphatic heterocycles. The highest BCUT2D eigenvalue weighted by atomic mass is 19.1. The number of benzene rings is 1. The fourth-order valence-corrected chi connectivity index (χ4v) is 2.79. The Morgan fingerprint density at radius 1 is 1.40 bits per heavy atom. The molecule has 1 aliphatic carbocycles. The minimum Gasteiger partial charge on any atom is -0.468 e. The number of nitrogens with one attached hydrogen (secondary N) is 1. The highest BCUT2D eigenvalue weighted by molar-refractivity contribution is 6.05. The van der Waals surface area contributed by atoms with E-state index in [1.54, 1.807) is 31.5 Å². The van der Waals surface area contributed by atoms with Crippen LogP contribution in [0.5, 0.6) is 0 Å². The van der Waals surface area contributed by atoms with Gasteiger partial charge in [-0.2, -0.15) is 5.10 Å². The number of methoxy groups -OCH3 is 1. The van der Waals surface area contributed by atoms with E-state index in [0.717, 1.165) is 5.56 Å². The van der Waals surface area contributed by atoms with Crippen molar-refractivity contribution in [1.82, 2.24) is 15.1 Å². The first-order chi connectivity index (χ1) is 11.9. The molecule has 1 aromatic carbocycles. The zero-order valence-electron chi connectivity index (χ0n) is 14.4. The Labute approximate surface area is 145 Å². The molecule has 1 heterocycles. The van der Waals surface area contributed by atoms with Crippen LogP contribution < -0.4 is 5.32 Å². The van der Waals surface area contributed by atoms with Crippen LogP contribution in [0.15, 0.2) is 30.6 Å². The maximum Gasteiger partial charge on any atom is 0.321 e. The van der Waals surface area contributed by atoms with Crippen molar-refractivity contribution in [2.24, 2.45) is 5.41 Å². The summed E-state index contributed by atoms with van der Waals surface area (Å²) in [4.78, 5) is 24.1. The SMILES string of the molecule is COC(=O)C1(C(=O)N[C@@H](C)c2ccc(-n3cc(C)cn3)c(F)c2)CC1. The Morgan fingerprint density at radius 2 is 2.12 bits per heavy atom. The van der Waals surface area contributed by atoms with Crippen LogP contribution in [-0.2, 0) is 14.3 Å². The van der Waals surface area contributed by atoms with Crippen molar-refractivity contribution in [3.8, 4) is 5.69 Å². The molecular formula is C18H20FN3O3. The lowest BCUT2D eigenvalue weighted by Gasteiger charge is -2.19. The van der Waals surface area contributed by atoms with E-state index in [1.165, 1.54) is 17.9 Å². The van der Waals surface area contributed by atoms with E-state index in [-0.39, 0.29) is 5.91 Å². The van der Waals surface area contributed by atoms with Gasteiger partial charge in [0.2, 0.25) is 5.91 Å². The number of nitrogens with zero attached hydrogens (tertiary/aromatic N) is 2. The number of carbonyl (C=O) groups excluding carboxylic acids is 2. The predicted molar refractivity (Wildman–Crippen MR) is 88.5 cm³/mol. The number of ether oxygens (including phenoxy) is 1. The summed E-state index contributed by atoms with van der Waals surface area (Å²) >= 11 is 0. The highest BCUT2D eigenvalue weighted by Gasteiger charge is 2.58. The molecule has 3 rings (SSSR count). The van der Waals surface area contributed by atoms with Gasteiger partial charge in [-0.15, -0.1) is 0 Å². The van der Waals surface area contributed by atoms with Gasteiger partial charge in [0.05, 0.1) is 19.3 Å². The number of aromatic nitrogens is 2. The van der Waals surface area contributed by atoms with Gasteiger partial charge in [0, 0.05) is 6.20 Å². The van der Waals surface area contributed by atoms with Gasteiger partial charge in [-0.1, -0.05) is 6.07 Å². The van der Waals surface area contributed by atoms with Crippen LogP contribution >= 0.6 is 0 Å². The van der Waals surface area contributed by atoms with E-state index >= 15 is 0 Å². The van der Waals surface area contributed by atoms with Crippen LogP contribution in [0.4, 0.5) is 4.39 Å². The molecule has 132 valence electrons. The molecule has 1 amide bonds. The molecule has 1 saturated carbocycles. The normalized spacial score (nSPS) is 16.2. The fourth-order valence-electron chi connectivity index (χ4n) is 2.79. The molecule has 1 aromatic heterocycles. The minimum absolute atomic E-state index is 0.337. The Bertz CT molecular complexity index is 827. The van der Waals surface area contributed by atoms with Crippen molar-refractivity contribution >= 4 is 11.9 Å². The van der Waals surface area contributed by atoms with Gasteiger partial charge < -0.3 is 10.1 Å². The molecule has 0 unspecified atom stereocenters. The summed E-state index contributed by atoms with van der Waals surface area (Å²) in [5.41, 5.74) is 0.804. The second kappa shape index (κ2) is 6.31. The van der Waals surface area contributed by atoms with Gasteiger partial charge in [0.1, 0.15) is 16.9 Å². The summed E-state index contributed by atoms with van der Waals surface area (Å²) in [5.74, 6) is -1.33. The van der Waals surface area contributed by atoms with Crippen LogP contribution in [0.2, 0.25) is 0 Å². The zero-order valence-corrected chi connectivity index (χ0v) is 14.4. The van der Waals surface area contributed by atoms with Crippen LogP contribution in [0.3, 0.4) is 0 Å². The Kier molecular flexibility index (Phi) is 4.32. The van der Waals surface area contributed by atoms with E-state index in [2.05, 4.69) is 10.4 Å². The smallest absolute Gasteiger partial charge is 0.321 e. The van der Waals surface area contributed by atoms with E-state index in [4.69, 9.17) is 4.74 Å². The second-order valence-corrected chi connectivity index (χ2v) is 6.44. The maximum atomic E-state index is 14.4. The molecule has 1 aliphatic rings. The molecule has 6 nitrogen and oxygen atoms in total. The fraction of sp³-hybridized carbons (Fsp3) is 0.389. The van der Waals surface area contributed by atoms with Crippen LogP contribution in [0.25, 0.3) is 5.69 Å². The average Bonchev–Trinajstić information content (AvgIpc) is 3.30. The van der Waals surface area contributed by atoms with Gasteiger partial charge in [0.15, 0.2) is 0 Å². The van der Waals surface area contributed by atoms with Gasteiger partial charge in [-0.25, -0.2) is 9.07 Å². The van der Waals surface area contributed by atoms with Crippen molar-refractivity contribution in [3.05, 3.63) is 47.5 Å². The van der Waals surface area contributed by atoms with E-state index in [9.17, 15) is 14.0 Å². The molecule has 1 atom stereocenters. The molecule has 25 heavy (non-hydrogen) atoms. The van der Waals surface area contributed by atoms with Crippen molar-refractivity contribution in [3.63, 3.8) is 0 Å². The number of hydrogen-bond acceptors (Lipinski definition) is 4. The van der Waals surface area contributed by atoms with E-state index in [0.29, 0.717) is 24.1 Å². The Morgan fingerprint density at radius 3 is 2.64 bits per heavy atom. The number of carbonyl (C=O) groups is 2. The van der Waals surface area contributed by atoms with Gasteiger partial charge in [-0.3, -0.25) is 9.59 Å². The van der Waals surface area contributed by atoms with E-state index in [1.807, 2.05) is 6.92 Å². The number of hydrogen-bond donors (Lipinski definition) is 1. The summed E-state index contributed by atoms with van der Waals surface area (Å²) in [6.45, 7) is 3.63. The third-order valence-corrected chi connectivity index (χ3v) is 4.54. The lowest BCUT2D eigenvalue weighted by molar-refractivity contribution is -0.152. The Balaban J connectivity index is 1.75. The number of amides is 1. The number of halogens is 1. The number of esters is 1. The lowest BCUT2D eigenvalue weighted by atomic mass is 10.0. The topological polar surface area (TPSA) is 73.2 Å². The second-order valence-electron chi connectivity index (χ2n) is 6.44. The predicted octanol–water partition coefficient (Wildman–Crippen LogP) is 2.45. The summed E-state index contributed by atoms with van der Waals surface area (Å²) in [6.07, 6.45) is 4.34. The van der Waals surface area contributed by atoms with Crippen molar-refractivity contribution in [2.75, 3.05) is 7.11 Å². The summed E-state index contributed by atoms with van der Waals surface area (Å²) in [7, 11) is 1.27. The molecule has 1 fully saturated rings. The Hall–Kier alpha value is -2.70. The largest absolute Gasteiger partial charge is 0.468 e. The van der Waals surface area contributed by atoms with E-state index < -0.39 is 23.2 Å². The highest BCUT2D eigenvalue weighted by Crippen LogP contribution is 2.47. The molecule has 7 heteroatoms. The minimum atomic E-state index is -1.08. The first-order valence-electron chi connectivity index (χ1n) is 8.08. The summed E-state index contributed by atoms with van der Waals surface area (Å²) < 4.78 is 20.6. The molecule has 0 saturated heterocycles. The summed E-state index contributed by atoms with van der Waals surface area (Å²) in [5, 5.41) is 6.87. The first kappa shape index (κ1) is 17.1. The molecular weight excluding hydrogens is 325 g/mol. The third-order valence-electron chi connectivity index (χ3n) is 4.54. The molecule has 0 bridgehead atoms. The molecule has 0 spiro atoms. The number of rotatable bonds is 5. The van der Waals surface area contributed by atoms with Gasteiger partial charge in [-0.05, 0) is 49.9 Å². The van der Waals surface area contributed by atoms with Crippen LogP contribution in [0, 0.1) is 18.2 Å². The molecule has 0 radical (unpaired) electrons. The van der Waals surface area contributed by atoms with Crippen molar-refractivity contribution in [1.29, 1.82) is 0 Å². The molecule has 2 aromatic rings. The average molecular weight is 345 g/mol. The lowest BCUT2D eigenvalue weighted by Crippen LogP contribution is -2.39. The molecule has 1 N–H and O–H groups in total. The monoisotopic (exact) mass is 345 g/mol. The maximum absolute atomic E-state index is 14.4. The summed E-state index contributed by atoms with van der Waals surface area (Å²) in [6, 6.07) is 4.29. The van der Waals surface area contributed by atoms with Crippen LogP contribution in [-0.4, -0.2) is 28.8 Å². The van der Waals surface area contributed by atoms with Gasteiger partial charge in [0.25, 0.3) is 0 Å². The van der Waals surface area contributed by atoms with Crippen LogP contribution in [0.1, 0.15) is 36.9 Å².